The van der Waals surface area contributed by atoms with Crippen LogP contribution in [0.3, 0.4) is 0 Å². The third-order valence-electron chi connectivity index (χ3n) is 3.12. The highest BCUT2D eigenvalue weighted by atomic mass is 19.4. The molecule has 0 saturated heterocycles. The van der Waals surface area contributed by atoms with Crippen molar-refractivity contribution in [3.8, 4) is 11.8 Å². The molecule has 124 valence electrons. The standard InChI is InChI=1S/C17H13F3N2O2/c18-17(19,20)14-5-1-13(2-6-14)10-22-16(23)11-24-15-7-3-12(9-21)4-8-15/h1-8H,10-11H2,(H,22,23). The number of amides is 1. The van der Waals surface area contributed by atoms with E-state index in [9.17, 15) is 18.0 Å². The molecule has 0 aliphatic carbocycles. The predicted octanol–water partition coefficient (Wildman–Crippen LogP) is 3.27. The number of rotatable bonds is 5. The van der Waals surface area contributed by atoms with Crippen molar-refractivity contribution in [2.45, 2.75) is 12.7 Å². The maximum absolute atomic E-state index is 12.4. The third-order valence-corrected chi connectivity index (χ3v) is 3.12. The second-order valence-electron chi connectivity index (χ2n) is 4.90. The van der Waals surface area contributed by atoms with Gasteiger partial charge in [0.05, 0.1) is 17.2 Å². The minimum absolute atomic E-state index is 0.105. The van der Waals surface area contributed by atoms with Crippen molar-refractivity contribution < 1.29 is 22.7 Å². The molecule has 0 radical (unpaired) electrons. The van der Waals surface area contributed by atoms with E-state index < -0.39 is 17.6 Å². The minimum atomic E-state index is -4.38. The first kappa shape index (κ1) is 17.3. The van der Waals surface area contributed by atoms with Crippen LogP contribution in [-0.4, -0.2) is 12.5 Å². The zero-order chi connectivity index (χ0) is 17.6. The van der Waals surface area contributed by atoms with Crippen LogP contribution in [0.25, 0.3) is 0 Å². The molecule has 1 amide bonds. The Hall–Kier alpha value is -3.01. The molecule has 0 saturated carbocycles. The molecule has 2 aromatic carbocycles. The summed E-state index contributed by atoms with van der Waals surface area (Å²) in [5.74, 6) is 0.0398. The van der Waals surface area contributed by atoms with Crippen LogP contribution in [-0.2, 0) is 17.5 Å². The fourth-order valence-corrected chi connectivity index (χ4v) is 1.84. The van der Waals surface area contributed by atoms with Crippen LogP contribution in [0.2, 0.25) is 0 Å². The molecular formula is C17H13F3N2O2. The summed E-state index contributed by atoms with van der Waals surface area (Å²) < 4.78 is 42.6. The number of hydrogen-bond acceptors (Lipinski definition) is 3. The van der Waals surface area contributed by atoms with Crippen molar-refractivity contribution in [1.82, 2.24) is 5.32 Å². The summed E-state index contributed by atoms with van der Waals surface area (Å²) in [7, 11) is 0. The van der Waals surface area contributed by atoms with Crippen molar-refractivity contribution in [2.75, 3.05) is 6.61 Å². The zero-order valence-electron chi connectivity index (χ0n) is 12.4. The minimum Gasteiger partial charge on any atom is -0.484 e. The SMILES string of the molecule is N#Cc1ccc(OCC(=O)NCc2ccc(C(F)(F)F)cc2)cc1. The topological polar surface area (TPSA) is 62.1 Å². The Kier molecular flexibility index (Phi) is 5.42. The molecule has 0 bridgehead atoms. The van der Waals surface area contributed by atoms with Gasteiger partial charge in [-0.1, -0.05) is 12.1 Å². The second kappa shape index (κ2) is 7.51. The third kappa shape index (κ3) is 5.02. The molecule has 0 unspecified atom stereocenters. The van der Waals surface area contributed by atoms with Gasteiger partial charge in [-0.05, 0) is 42.0 Å². The number of ether oxygens (including phenoxy) is 1. The van der Waals surface area contributed by atoms with E-state index in [-0.39, 0.29) is 13.2 Å². The number of alkyl halides is 3. The van der Waals surface area contributed by atoms with Gasteiger partial charge in [0.15, 0.2) is 6.61 Å². The number of benzene rings is 2. The van der Waals surface area contributed by atoms with Gasteiger partial charge >= 0.3 is 6.18 Å². The maximum atomic E-state index is 12.4. The fourth-order valence-electron chi connectivity index (χ4n) is 1.84. The molecule has 24 heavy (non-hydrogen) atoms. The Labute approximate surface area is 136 Å². The lowest BCUT2D eigenvalue weighted by atomic mass is 10.1. The average Bonchev–Trinajstić information content (AvgIpc) is 2.58. The molecule has 2 aromatic rings. The first-order valence-electron chi connectivity index (χ1n) is 6.94. The van der Waals surface area contributed by atoms with Gasteiger partial charge in [0.25, 0.3) is 5.91 Å². The molecule has 0 aromatic heterocycles. The summed E-state index contributed by atoms with van der Waals surface area (Å²) in [6, 6.07) is 12.8. The van der Waals surface area contributed by atoms with E-state index in [1.54, 1.807) is 24.3 Å². The van der Waals surface area contributed by atoms with Crippen LogP contribution in [0.15, 0.2) is 48.5 Å². The van der Waals surface area contributed by atoms with Crippen molar-refractivity contribution in [3.05, 3.63) is 65.2 Å². The van der Waals surface area contributed by atoms with Gasteiger partial charge in [-0.3, -0.25) is 4.79 Å². The first-order chi connectivity index (χ1) is 11.4. The molecule has 0 fully saturated rings. The van der Waals surface area contributed by atoms with E-state index in [4.69, 9.17) is 10.00 Å². The molecule has 0 aliphatic rings. The normalized spacial score (nSPS) is 10.8. The Morgan fingerprint density at radius 3 is 2.25 bits per heavy atom. The molecular weight excluding hydrogens is 321 g/mol. The first-order valence-corrected chi connectivity index (χ1v) is 6.94. The van der Waals surface area contributed by atoms with Gasteiger partial charge in [-0.25, -0.2) is 0 Å². The van der Waals surface area contributed by atoms with Crippen molar-refractivity contribution in [3.63, 3.8) is 0 Å². The summed E-state index contributed by atoms with van der Waals surface area (Å²) in [6.45, 7) is -0.125. The van der Waals surface area contributed by atoms with E-state index in [0.29, 0.717) is 16.9 Å². The van der Waals surface area contributed by atoms with Gasteiger partial charge in [0.1, 0.15) is 5.75 Å². The number of halogens is 3. The van der Waals surface area contributed by atoms with Gasteiger partial charge < -0.3 is 10.1 Å². The van der Waals surface area contributed by atoms with Crippen molar-refractivity contribution >= 4 is 5.91 Å². The molecule has 2 rings (SSSR count). The summed E-state index contributed by atoms with van der Waals surface area (Å²) in [5, 5.41) is 11.2. The molecule has 0 aliphatic heterocycles. The Bertz CT molecular complexity index is 732. The number of nitrogens with zero attached hydrogens (tertiary/aromatic N) is 1. The second-order valence-corrected chi connectivity index (χ2v) is 4.90. The number of nitriles is 1. The summed E-state index contributed by atoms with van der Waals surface area (Å²) in [5.41, 5.74) is 0.297. The van der Waals surface area contributed by atoms with Gasteiger partial charge in [-0.15, -0.1) is 0 Å². The Balaban J connectivity index is 1.79. The van der Waals surface area contributed by atoms with Crippen LogP contribution >= 0.6 is 0 Å². The van der Waals surface area contributed by atoms with E-state index in [1.165, 1.54) is 12.1 Å². The highest BCUT2D eigenvalue weighted by Crippen LogP contribution is 2.29. The van der Waals surface area contributed by atoms with Crippen LogP contribution < -0.4 is 10.1 Å². The van der Waals surface area contributed by atoms with E-state index in [2.05, 4.69) is 5.32 Å². The smallest absolute Gasteiger partial charge is 0.416 e. The van der Waals surface area contributed by atoms with E-state index >= 15 is 0 Å². The lowest BCUT2D eigenvalue weighted by Crippen LogP contribution is -2.28. The number of carbonyl (C=O) groups is 1. The van der Waals surface area contributed by atoms with E-state index in [0.717, 1.165) is 12.1 Å². The van der Waals surface area contributed by atoms with Crippen molar-refractivity contribution in [1.29, 1.82) is 5.26 Å². The maximum Gasteiger partial charge on any atom is 0.416 e. The monoisotopic (exact) mass is 334 g/mol. The summed E-state index contributed by atoms with van der Waals surface area (Å²) in [4.78, 5) is 11.7. The molecule has 0 atom stereocenters. The fraction of sp³-hybridized carbons (Fsp3) is 0.176. The Morgan fingerprint density at radius 1 is 1.08 bits per heavy atom. The van der Waals surface area contributed by atoms with Crippen LogP contribution in [0.1, 0.15) is 16.7 Å². The molecule has 0 heterocycles. The lowest BCUT2D eigenvalue weighted by Gasteiger charge is -2.09. The molecule has 7 heteroatoms. The van der Waals surface area contributed by atoms with Crippen LogP contribution in [0.4, 0.5) is 13.2 Å². The van der Waals surface area contributed by atoms with Crippen molar-refractivity contribution in [2.24, 2.45) is 0 Å². The van der Waals surface area contributed by atoms with Gasteiger partial charge in [0.2, 0.25) is 0 Å². The zero-order valence-corrected chi connectivity index (χ0v) is 12.4. The highest BCUT2D eigenvalue weighted by molar-refractivity contribution is 5.77. The quantitative estimate of drug-likeness (QED) is 0.913. The number of nitrogens with one attached hydrogen (secondary N) is 1. The summed E-state index contributed by atoms with van der Waals surface area (Å²) >= 11 is 0. The predicted molar refractivity (Wildman–Crippen MR) is 79.9 cm³/mol. The van der Waals surface area contributed by atoms with Gasteiger partial charge in [0, 0.05) is 6.54 Å². The van der Waals surface area contributed by atoms with Crippen LogP contribution in [0.5, 0.6) is 5.75 Å². The Morgan fingerprint density at radius 2 is 1.71 bits per heavy atom. The largest absolute Gasteiger partial charge is 0.484 e. The number of carbonyl (C=O) groups excluding carboxylic acids is 1. The number of hydrogen-bond donors (Lipinski definition) is 1. The summed E-state index contributed by atoms with van der Waals surface area (Å²) in [6.07, 6.45) is -4.38. The van der Waals surface area contributed by atoms with E-state index in [1.807, 2.05) is 6.07 Å². The van der Waals surface area contributed by atoms with Gasteiger partial charge in [-0.2, -0.15) is 18.4 Å². The molecule has 0 spiro atoms. The molecule has 4 nitrogen and oxygen atoms in total. The average molecular weight is 334 g/mol. The highest BCUT2D eigenvalue weighted by Gasteiger charge is 2.29. The molecule has 1 N–H and O–H groups in total. The van der Waals surface area contributed by atoms with Crippen LogP contribution in [0, 0.1) is 11.3 Å². The lowest BCUT2D eigenvalue weighted by molar-refractivity contribution is -0.137.